The van der Waals surface area contributed by atoms with E-state index in [9.17, 15) is 4.79 Å². The molecular weight excluding hydrogens is 278 g/mol. The molecule has 1 aromatic carbocycles. The molecule has 2 heterocycles. The van der Waals surface area contributed by atoms with Crippen molar-refractivity contribution in [3.8, 4) is 5.75 Å². The number of fused-ring (bicyclic) bond motifs is 1. The summed E-state index contributed by atoms with van der Waals surface area (Å²) in [5, 5.41) is 0. The molecule has 22 heavy (non-hydrogen) atoms. The lowest BCUT2D eigenvalue weighted by atomic mass is 9.61. The van der Waals surface area contributed by atoms with E-state index in [0.717, 1.165) is 24.4 Å². The van der Waals surface area contributed by atoms with Gasteiger partial charge in [0.15, 0.2) is 0 Å². The number of nitrogens with zero attached hydrogens (tertiary/aromatic N) is 1. The Morgan fingerprint density at radius 3 is 2.95 bits per heavy atom. The second kappa shape index (κ2) is 5.27. The SMILES string of the molecule is CCN1CCC2(CCC2)C(Oc2ccc3c(c2)COC3=O)C1. The first kappa shape index (κ1) is 14.1. The molecule has 4 nitrogen and oxygen atoms in total. The molecule has 2 fully saturated rings. The summed E-state index contributed by atoms with van der Waals surface area (Å²) in [5.74, 6) is 0.665. The molecule has 1 saturated heterocycles. The van der Waals surface area contributed by atoms with Gasteiger partial charge in [0, 0.05) is 17.5 Å². The number of ether oxygens (including phenoxy) is 2. The molecule has 1 unspecified atom stereocenters. The van der Waals surface area contributed by atoms with Crippen LogP contribution in [0.15, 0.2) is 18.2 Å². The van der Waals surface area contributed by atoms with Crippen molar-refractivity contribution < 1.29 is 14.3 Å². The Balaban J connectivity index is 1.54. The van der Waals surface area contributed by atoms with Gasteiger partial charge in [-0.25, -0.2) is 4.79 Å². The summed E-state index contributed by atoms with van der Waals surface area (Å²) >= 11 is 0. The third-order valence-corrected chi connectivity index (χ3v) is 5.76. The first-order valence-corrected chi connectivity index (χ1v) is 8.39. The quantitative estimate of drug-likeness (QED) is 0.805. The number of carbonyl (C=O) groups is 1. The molecule has 118 valence electrons. The first-order chi connectivity index (χ1) is 10.7. The van der Waals surface area contributed by atoms with E-state index < -0.39 is 0 Å². The molecule has 0 N–H and O–H groups in total. The van der Waals surface area contributed by atoms with Crippen molar-refractivity contribution in [2.45, 2.75) is 45.3 Å². The number of carbonyl (C=O) groups excluding carboxylic acids is 1. The predicted molar refractivity (Wildman–Crippen MR) is 83.0 cm³/mol. The van der Waals surface area contributed by atoms with Gasteiger partial charge in [0.25, 0.3) is 0 Å². The van der Waals surface area contributed by atoms with E-state index >= 15 is 0 Å². The molecule has 1 saturated carbocycles. The summed E-state index contributed by atoms with van der Waals surface area (Å²) in [6.45, 7) is 5.89. The molecule has 4 rings (SSSR count). The molecule has 3 aliphatic rings. The topological polar surface area (TPSA) is 38.8 Å². The van der Waals surface area contributed by atoms with Crippen LogP contribution < -0.4 is 4.74 Å². The molecule has 1 aromatic rings. The van der Waals surface area contributed by atoms with Crippen LogP contribution in [0.4, 0.5) is 0 Å². The van der Waals surface area contributed by atoms with Gasteiger partial charge in [-0.05, 0) is 50.6 Å². The van der Waals surface area contributed by atoms with Gasteiger partial charge in [0.05, 0.1) is 5.56 Å². The van der Waals surface area contributed by atoms with Crippen LogP contribution in [0.5, 0.6) is 5.75 Å². The van der Waals surface area contributed by atoms with Gasteiger partial charge >= 0.3 is 5.97 Å². The van der Waals surface area contributed by atoms with Gasteiger partial charge in [0.2, 0.25) is 0 Å². The summed E-state index contributed by atoms with van der Waals surface area (Å²) in [5.41, 5.74) is 2.02. The molecule has 2 aliphatic heterocycles. The monoisotopic (exact) mass is 301 g/mol. The summed E-state index contributed by atoms with van der Waals surface area (Å²) in [7, 11) is 0. The van der Waals surface area contributed by atoms with Gasteiger partial charge in [-0.3, -0.25) is 4.90 Å². The zero-order chi connectivity index (χ0) is 15.2. The standard InChI is InChI=1S/C18H23NO3/c1-2-19-9-8-18(6-3-7-18)16(11-19)22-14-4-5-15-13(10-14)12-21-17(15)20/h4-5,10,16H,2-3,6-9,11-12H2,1H3. The number of benzene rings is 1. The molecule has 1 aliphatic carbocycles. The minimum atomic E-state index is -0.216. The van der Waals surface area contributed by atoms with E-state index in [0.29, 0.717) is 17.6 Å². The predicted octanol–water partition coefficient (Wildman–Crippen LogP) is 3.00. The van der Waals surface area contributed by atoms with Crippen molar-refractivity contribution in [2.75, 3.05) is 19.6 Å². The summed E-state index contributed by atoms with van der Waals surface area (Å²) < 4.78 is 11.5. The van der Waals surface area contributed by atoms with Gasteiger partial charge in [0.1, 0.15) is 18.5 Å². The second-order valence-corrected chi connectivity index (χ2v) is 6.86. The zero-order valence-electron chi connectivity index (χ0n) is 13.1. The number of cyclic esters (lactones) is 1. The van der Waals surface area contributed by atoms with Crippen molar-refractivity contribution in [1.82, 2.24) is 4.90 Å². The zero-order valence-corrected chi connectivity index (χ0v) is 13.1. The Kier molecular flexibility index (Phi) is 3.37. The minimum Gasteiger partial charge on any atom is -0.489 e. The highest BCUT2D eigenvalue weighted by Gasteiger charge is 2.48. The van der Waals surface area contributed by atoms with Crippen LogP contribution in [-0.2, 0) is 11.3 Å². The van der Waals surface area contributed by atoms with Crippen LogP contribution in [-0.4, -0.2) is 36.6 Å². The Bertz CT molecular complexity index is 594. The third-order valence-electron chi connectivity index (χ3n) is 5.76. The molecule has 0 aromatic heterocycles. The first-order valence-electron chi connectivity index (χ1n) is 8.39. The summed E-state index contributed by atoms with van der Waals surface area (Å²) in [6.07, 6.45) is 5.44. The van der Waals surface area contributed by atoms with Gasteiger partial charge < -0.3 is 9.47 Å². The number of piperidine rings is 1. The van der Waals surface area contributed by atoms with Crippen LogP contribution in [0.3, 0.4) is 0 Å². The maximum Gasteiger partial charge on any atom is 0.338 e. The van der Waals surface area contributed by atoms with E-state index in [4.69, 9.17) is 9.47 Å². The number of hydrogen-bond donors (Lipinski definition) is 0. The molecule has 0 radical (unpaired) electrons. The number of esters is 1. The van der Waals surface area contributed by atoms with Crippen LogP contribution in [0.1, 0.15) is 48.5 Å². The van der Waals surface area contributed by atoms with E-state index in [-0.39, 0.29) is 12.1 Å². The van der Waals surface area contributed by atoms with Crippen LogP contribution >= 0.6 is 0 Å². The van der Waals surface area contributed by atoms with Crippen molar-refractivity contribution in [3.63, 3.8) is 0 Å². The Morgan fingerprint density at radius 1 is 1.36 bits per heavy atom. The summed E-state index contributed by atoms with van der Waals surface area (Å²) in [6, 6.07) is 5.74. The number of likely N-dealkylation sites (tertiary alicyclic amines) is 1. The van der Waals surface area contributed by atoms with E-state index in [2.05, 4.69) is 11.8 Å². The smallest absolute Gasteiger partial charge is 0.338 e. The maximum absolute atomic E-state index is 11.5. The van der Waals surface area contributed by atoms with Gasteiger partial charge in [-0.2, -0.15) is 0 Å². The van der Waals surface area contributed by atoms with E-state index in [1.165, 1.54) is 32.2 Å². The third kappa shape index (κ3) is 2.21. The Labute approximate surface area is 131 Å². The van der Waals surface area contributed by atoms with Crippen molar-refractivity contribution in [1.29, 1.82) is 0 Å². The fourth-order valence-corrected chi connectivity index (χ4v) is 4.06. The highest BCUT2D eigenvalue weighted by atomic mass is 16.5. The average molecular weight is 301 g/mol. The largest absolute Gasteiger partial charge is 0.489 e. The van der Waals surface area contributed by atoms with Crippen molar-refractivity contribution >= 4 is 5.97 Å². The number of hydrogen-bond acceptors (Lipinski definition) is 4. The van der Waals surface area contributed by atoms with Gasteiger partial charge in [-0.15, -0.1) is 0 Å². The highest BCUT2D eigenvalue weighted by Crippen LogP contribution is 2.50. The molecule has 0 amide bonds. The van der Waals surface area contributed by atoms with Gasteiger partial charge in [-0.1, -0.05) is 13.3 Å². The maximum atomic E-state index is 11.5. The fraction of sp³-hybridized carbons (Fsp3) is 0.611. The average Bonchev–Trinajstić information content (AvgIpc) is 2.86. The molecule has 1 spiro atoms. The number of likely N-dealkylation sites (N-methyl/N-ethyl adjacent to an activating group) is 1. The lowest BCUT2D eigenvalue weighted by molar-refractivity contribution is -0.0753. The number of rotatable bonds is 3. The minimum absolute atomic E-state index is 0.216. The Hall–Kier alpha value is -1.55. The van der Waals surface area contributed by atoms with Crippen LogP contribution in [0.2, 0.25) is 0 Å². The highest BCUT2D eigenvalue weighted by molar-refractivity contribution is 5.93. The van der Waals surface area contributed by atoms with Crippen LogP contribution in [0, 0.1) is 5.41 Å². The van der Waals surface area contributed by atoms with E-state index in [1.54, 1.807) is 0 Å². The lowest BCUT2D eigenvalue weighted by Gasteiger charge is -2.52. The van der Waals surface area contributed by atoms with E-state index in [1.807, 2.05) is 18.2 Å². The molecule has 0 bridgehead atoms. The molecule has 4 heteroatoms. The Morgan fingerprint density at radius 2 is 2.23 bits per heavy atom. The summed E-state index contributed by atoms with van der Waals surface area (Å²) in [4.78, 5) is 14.0. The molecule has 1 atom stereocenters. The van der Waals surface area contributed by atoms with Crippen molar-refractivity contribution in [2.24, 2.45) is 5.41 Å². The van der Waals surface area contributed by atoms with Crippen LogP contribution in [0.25, 0.3) is 0 Å². The fourth-order valence-electron chi connectivity index (χ4n) is 4.06. The normalized spacial score (nSPS) is 26.4. The van der Waals surface area contributed by atoms with Crippen molar-refractivity contribution in [3.05, 3.63) is 29.3 Å². The molecular formula is C18H23NO3. The lowest BCUT2D eigenvalue weighted by Crippen LogP contribution is -2.56. The second-order valence-electron chi connectivity index (χ2n) is 6.86.